The summed E-state index contributed by atoms with van der Waals surface area (Å²) in [5.74, 6) is -0.248. The van der Waals surface area contributed by atoms with Crippen LogP contribution in [0.2, 0.25) is 0 Å². The third-order valence-electron chi connectivity index (χ3n) is 2.78. The molecule has 1 saturated carbocycles. The molecule has 0 saturated heterocycles. The van der Waals surface area contributed by atoms with Crippen LogP contribution in [0, 0.1) is 10.6 Å². The quantitative estimate of drug-likeness (QED) is 0.841. The highest BCUT2D eigenvalue weighted by Crippen LogP contribution is 2.28. The molecule has 1 atom stereocenters. The van der Waals surface area contributed by atoms with Crippen LogP contribution in [0.1, 0.15) is 25.7 Å². The second-order valence-electron chi connectivity index (χ2n) is 3.82. The molecule has 1 N–H and O–H groups in total. The lowest BCUT2D eigenvalue weighted by molar-refractivity contribution is 0.619. The summed E-state index contributed by atoms with van der Waals surface area (Å²) in [5, 5.41) is 0.488. The van der Waals surface area contributed by atoms with E-state index in [0.29, 0.717) is 9.72 Å². The molecule has 1 nitrogen and oxygen atoms in total. The summed E-state index contributed by atoms with van der Waals surface area (Å²) in [4.78, 5) is 0.954. The van der Waals surface area contributed by atoms with Crippen molar-refractivity contribution in [3.8, 4) is 0 Å². The standard InChI is InChI=1S/C11H13BrFNS/c12-10-7-9(5-6-11(10)13)15(14)8-3-1-2-4-8/h5-8,14H,1-4H2. The molecular formula is C11H13BrFNS. The van der Waals surface area contributed by atoms with Gasteiger partial charge in [0.15, 0.2) is 0 Å². The van der Waals surface area contributed by atoms with Crippen molar-refractivity contribution in [3.63, 3.8) is 0 Å². The predicted octanol–water partition coefficient (Wildman–Crippen LogP) is 4.27. The number of rotatable bonds is 2. The van der Waals surface area contributed by atoms with E-state index in [1.165, 1.54) is 18.9 Å². The lowest BCUT2D eigenvalue weighted by Crippen LogP contribution is -2.09. The predicted molar refractivity (Wildman–Crippen MR) is 64.7 cm³/mol. The fourth-order valence-corrected chi connectivity index (χ4v) is 4.11. The Morgan fingerprint density at radius 1 is 1.33 bits per heavy atom. The smallest absolute Gasteiger partial charge is 0.137 e. The lowest BCUT2D eigenvalue weighted by atomic mass is 10.3. The van der Waals surface area contributed by atoms with Crippen molar-refractivity contribution < 1.29 is 4.39 Å². The maximum atomic E-state index is 13.0. The number of nitrogens with one attached hydrogen (secondary N) is 1. The van der Waals surface area contributed by atoms with Crippen molar-refractivity contribution in [2.45, 2.75) is 35.8 Å². The molecule has 0 radical (unpaired) electrons. The topological polar surface area (TPSA) is 23.9 Å². The van der Waals surface area contributed by atoms with Gasteiger partial charge in [0.05, 0.1) is 4.47 Å². The molecule has 1 aromatic carbocycles. The molecular weight excluding hydrogens is 277 g/mol. The molecule has 0 amide bonds. The Bertz CT molecular complexity index is 388. The van der Waals surface area contributed by atoms with Crippen molar-refractivity contribution in [2.75, 3.05) is 0 Å². The maximum absolute atomic E-state index is 13.0. The van der Waals surface area contributed by atoms with E-state index in [9.17, 15) is 4.39 Å². The molecule has 82 valence electrons. The summed E-state index contributed by atoms with van der Waals surface area (Å²) in [6.45, 7) is 0. The summed E-state index contributed by atoms with van der Waals surface area (Å²) in [7, 11) is -0.474. The second kappa shape index (κ2) is 4.74. The maximum Gasteiger partial charge on any atom is 0.137 e. The van der Waals surface area contributed by atoms with Gasteiger partial charge in [-0.1, -0.05) is 23.5 Å². The van der Waals surface area contributed by atoms with Gasteiger partial charge in [0, 0.05) is 10.1 Å². The Labute approximate surface area is 100 Å². The average Bonchev–Trinajstić information content (AvgIpc) is 2.74. The molecule has 0 bridgehead atoms. The van der Waals surface area contributed by atoms with Crippen molar-refractivity contribution >= 4 is 26.6 Å². The zero-order chi connectivity index (χ0) is 10.8. The van der Waals surface area contributed by atoms with Crippen LogP contribution in [0.3, 0.4) is 0 Å². The lowest BCUT2D eigenvalue weighted by Gasteiger charge is -2.13. The molecule has 1 fully saturated rings. The normalized spacial score (nSPS) is 19.3. The van der Waals surface area contributed by atoms with E-state index in [-0.39, 0.29) is 5.82 Å². The molecule has 15 heavy (non-hydrogen) atoms. The second-order valence-corrected chi connectivity index (χ2v) is 6.49. The van der Waals surface area contributed by atoms with Gasteiger partial charge in [-0.05, 0) is 47.0 Å². The Balaban J connectivity index is 2.21. The highest BCUT2D eigenvalue weighted by molar-refractivity contribution is 9.10. The Morgan fingerprint density at radius 2 is 2.00 bits per heavy atom. The van der Waals surface area contributed by atoms with Crippen LogP contribution in [-0.2, 0) is 10.7 Å². The highest BCUT2D eigenvalue weighted by Gasteiger charge is 2.20. The van der Waals surface area contributed by atoms with Crippen molar-refractivity contribution in [2.24, 2.45) is 0 Å². The van der Waals surface area contributed by atoms with E-state index in [1.54, 1.807) is 12.1 Å². The van der Waals surface area contributed by atoms with E-state index in [4.69, 9.17) is 4.78 Å². The number of hydrogen-bond donors (Lipinski definition) is 1. The Kier molecular flexibility index (Phi) is 3.57. The van der Waals surface area contributed by atoms with Crippen molar-refractivity contribution in [3.05, 3.63) is 28.5 Å². The largest absolute Gasteiger partial charge is 0.275 e. The van der Waals surface area contributed by atoms with Gasteiger partial charge in [-0.3, -0.25) is 4.78 Å². The fourth-order valence-electron chi connectivity index (χ4n) is 1.93. The summed E-state index contributed by atoms with van der Waals surface area (Å²) >= 11 is 3.17. The van der Waals surface area contributed by atoms with E-state index in [1.807, 2.05) is 0 Å². The molecule has 1 unspecified atom stereocenters. The molecule has 0 aliphatic heterocycles. The van der Waals surface area contributed by atoms with Crippen LogP contribution in [0.25, 0.3) is 0 Å². The van der Waals surface area contributed by atoms with Gasteiger partial charge in [-0.15, -0.1) is 0 Å². The number of hydrogen-bond acceptors (Lipinski definition) is 1. The van der Waals surface area contributed by atoms with Gasteiger partial charge in [0.1, 0.15) is 5.82 Å². The molecule has 0 spiro atoms. The van der Waals surface area contributed by atoms with Crippen LogP contribution in [0.15, 0.2) is 27.6 Å². The van der Waals surface area contributed by atoms with E-state index in [2.05, 4.69) is 15.9 Å². The Morgan fingerprint density at radius 3 is 2.60 bits per heavy atom. The van der Waals surface area contributed by atoms with E-state index in [0.717, 1.165) is 17.7 Å². The van der Waals surface area contributed by atoms with E-state index < -0.39 is 10.7 Å². The minimum absolute atomic E-state index is 0.248. The SMILES string of the molecule is N=S(c1ccc(F)c(Br)c1)C1CCCC1. The minimum atomic E-state index is -0.474. The summed E-state index contributed by atoms with van der Waals surface area (Å²) in [5.41, 5.74) is 0. The minimum Gasteiger partial charge on any atom is -0.275 e. The summed E-state index contributed by atoms with van der Waals surface area (Å²) < 4.78 is 21.7. The number of benzene rings is 1. The molecule has 0 heterocycles. The van der Waals surface area contributed by atoms with Gasteiger partial charge in [0.25, 0.3) is 0 Å². The molecule has 2 rings (SSSR count). The molecule has 0 aromatic heterocycles. The van der Waals surface area contributed by atoms with Gasteiger partial charge in [0.2, 0.25) is 0 Å². The molecule has 1 aliphatic rings. The highest BCUT2D eigenvalue weighted by atomic mass is 79.9. The summed E-state index contributed by atoms with van der Waals surface area (Å²) in [6, 6.07) is 4.95. The molecule has 4 heteroatoms. The van der Waals surface area contributed by atoms with Crippen LogP contribution in [0.5, 0.6) is 0 Å². The first-order chi connectivity index (χ1) is 7.18. The van der Waals surface area contributed by atoms with Crippen LogP contribution < -0.4 is 0 Å². The number of halogens is 2. The average molecular weight is 290 g/mol. The molecule has 1 aromatic rings. The first-order valence-corrected chi connectivity index (χ1v) is 7.16. The van der Waals surface area contributed by atoms with Crippen LogP contribution in [-0.4, -0.2) is 5.25 Å². The fraction of sp³-hybridized carbons (Fsp3) is 0.455. The monoisotopic (exact) mass is 289 g/mol. The molecule has 1 aliphatic carbocycles. The van der Waals surface area contributed by atoms with Crippen LogP contribution >= 0.6 is 15.9 Å². The zero-order valence-corrected chi connectivity index (χ0v) is 10.7. The Hall–Kier alpha value is -0.220. The first-order valence-electron chi connectivity index (χ1n) is 5.08. The van der Waals surface area contributed by atoms with Gasteiger partial charge in [-0.25, -0.2) is 4.39 Å². The van der Waals surface area contributed by atoms with Gasteiger partial charge in [-0.2, -0.15) is 0 Å². The van der Waals surface area contributed by atoms with Crippen LogP contribution in [0.4, 0.5) is 4.39 Å². The zero-order valence-electron chi connectivity index (χ0n) is 8.30. The van der Waals surface area contributed by atoms with Gasteiger partial charge >= 0.3 is 0 Å². The van der Waals surface area contributed by atoms with Crippen molar-refractivity contribution in [1.82, 2.24) is 0 Å². The first kappa shape index (κ1) is 11.3. The van der Waals surface area contributed by atoms with Gasteiger partial charge < -0.3 is 0 Å². The van der Waals surface area contributed by atoms with E-state index >= 15 is 0 Å². The third-order valence-corrected chi connectivity index (χ3v) is 5.29. The third kappa shape index (κ3) is 2.48. The van der Waals surface area contributed by atoms with Crippen molar-refractivity contribution in [1.29, 1.82) is 4.78 Å². The summed E-state index contributed by atoms with van der Waals surface area (Å²) in [6.07, 6.45) is 4.80.